The molecule has 0 radical (unpaired) electrons. The van der Waals surface area contributed by atoms with Crippen LogP contribution in [0.2, 0.25) is 0 Å². The maximum Gasteiger partial charge on any atom is 0.321 e. The lowest BCUT2D eigenvalue weighted by Gasteiger charge is -2.17. The summed E-state index contributed by atoms with van der Waals surface area (Å²) in [7, 11) is 3.15. The molecule has 0 saturated carbocycles. The molecule has 8 heteroatoms. The van der Waals surface area contributed by atoms with Crippen molar-refractivity contribution < 1.29 is 18.8 Å². The smallest absolute Gasteiger partial charge is 0.321 e. The maximum atomic E-state index is 12.2. The molecule has 128 valence electrons. The van der Waals surface area contributed by atoms with Crippen molar-refractivity contribution in [2.45, 2.75) is 20.4 Å². The van der Waals surface area contributed by atoms with Gasteiger partial charge in [0.1, 0.15) is 5.75 Å². The first kappa shape index (κ1) is 17.3. The fourth-order valence-electron chi connectivity index (χ4n) is 2.09. The van der Waals surface area contributed by atoms with Gasteiger partial charge in [-0.3, -0.25) is 4.79 Å². The number of aromatic nitrogens is 1. The monoisotopic (exact) mass is 332 g/mol. The predicted molar refractivity (Wildman–Crippen MR) is 89.0 cm³/mol. The van der Waals surface area contributed by atoms with Crippen molar-refractivity contribution in [2.75, 3.05) is 24.8 Å². The van der Waals surface area contributed by atoms with Crippen LogP contribution in [0, 0.1) is 6.92 Å². The highest BCUT2D eigenvalue weighted by Gasteiger charge is 2.13. The average Bonchev–Trinajstić information content (AvgIpc) is 2.92. The van der Waals surface area contributed by atoms with Gasteiger partial charge in [0.2, 0.25) is 5.91 Å². The average molecular weight is 332 g/mol. The predicted octanol–water partition coefficient (Wildman–Crippen LogP) is 2.61. The summed E-state index contributed by atoms with van der Waals surface area (Å²) in [5.41, 5.74) is 1.77. The Bertz CT molecular complexity index is 741. The Morgan fingerprint density at radius 3 is 2.62 bits per heavy atom. The summed E-state index contributed by atoms with van der Waals surface area (Å²) in [5.74, 6) is 0.877. The van der Waals surface area contributed by atoms with E-state index < -0.39 is 0 Å². The second-order valence-corrected chi connectivity index (χ2v) is 5.32. The minimum absolute atomic E-state index is 0.227. The minimum atomic E-state index is -0.317. The van der Waals surface area contributed by atoms with E-state index in [1.54, 1.807) is 31.3 Å². The molecule has 1 aromatic heterocycles. The molecule has 0 bridgehead atoms. The van der Waals surface area contributed by atoms with Crippen LogP contribution in [0.4, 0.5) is 16.2 Å². The summed E-state index contributed by atoms with van der Waals surface area (Å²) < 4.78 is 10.3. The van der Waals surface area contributed by atoms with Crippen LogP contribution < -0.4 is 15.4 Å². The van der Waals surface area contributed by atoms with Crippen LogP contribution in [0.25, 0.3) is 0 Å². The summed E-state index contributed by atoms with van der Waals surface area (Å²) >= 11 is 0. The van der Waals surface area contributed by atoms with Crippen molar-refractivity contribution in [2.24, 2.45) is 0 Å². The lowest BCUT2D eigenvalue weighted by atomic mass is 10.2. The number of ether oxygens (including phenoxy) is 1. The first-order valence-electron chi connectivity index (χ1n) is 7.29. The number of hydrogen-bond donors (Lipinski definition) is 2. The van der Waals surface area contributed by atoms with Crippen molar-refractivity contribution in [3.63, 3.8) is 0 Å². The van der Waals surface area contributed by atoms with Crippen LogP contribution in [0.5, 0.6) is 5.75 Å². The third-order valence-corrected chi connectivity index (χ3v) is 3.18. The number of benzene rings is 1. The van der Waals surface area contributed by atoms with Gasteiger partial charge in [-0.15, -0.1) is 0 Å². The lowest BCUT2D eigenvalue weighted by molar-refractivity contribution is -0.114. The quantitative estimate of drug-likeness (QED) is 0.877. The molecular formula is C16H20N4O4. The molecular weight excluding hydrogens is 312 g/mol. The summed E-state index contributed by atoms with van der Waals surface area (Å²) in [6, 6.07) is 6.44. The van der Waals surface area contributed by atoms with Gasteiger partial charge in [-0.25, -0.2) is 4.79 Å². The molecule has 24 heavy (non-hydrogen) atoms. The van der Waals surface area contributed by atoms with Gasteiger partial charge in [0.05, 0.1) is 25.0 Å². The fourth-order valence-corrected chi connectivity index (χ4v) is 2.09. The Labute approximate surface area is 139 Å². The molecule has 1 heterocycles. The second-order valence-electron chi connectivity index (χ2n) is 5.32. The molecule has 0 unspecified atom stereocenters. The first-order valence-corrected chi connectivity index (χ1v) is 7.29. The highest BCUT2D eigenvalue weighted by molar-refractivity contribution is 5.94. The SMILES string of the molecule is COc1ccc(NC(=O)N(C)Cc2cc(C)no2)cc1NC(C)=O. The van der Waals surface area contributed by atoms with E-state index in [1.807, 2.05) is 6.92 Å². The third kappa shape index (κ3) is 4.48. The Morgan fingerprint density at radius 1 is 1.29 bits per heavy atom. The molecule has 0 aliphatic carbocycles. The molecule has 0 aliphatic rings. The third-order valence-electron chi connectivity index (χ3n) is 3.18. The largest absolute Gasteiger partial charge is 0.495 e. The Balaban J connectivity index is 2.06. The fraction of sp³-hybridized carbons (Fsp3) is 0.312. The lowest BCUT2D eigenvalue weighted by Crippen LogP contribution is -2.30. The van der Waals surface area contributed by atoms with Crippen molar-refractivity contribution in [1.29, 1.82) is 0 Å². The zero-order valence-electron chi connectivity index (χ0n) is 14.0. The van der Waals surface area contributed by atoms with E-state index in [0.717, 1.165) is 5.69 Å². The number of amides is 3. The maximum absolute atomic E-state index is 12.2. The summed E-state index contributed by atoms with van der Waals surface area (Å²) in [4.78, 5) is 25.0. The zero-order chi connectivity index (χ0) is 17.7. The number of carbonyl (C=O) groups is 2. The number of aryl methyl sites for hydroxylation is 1. The van der Waals surface area contributed by atoms with Crippen LogP contribution in [0.1, 0.15) is 18.4 Å². The molecule has 0 saturated heterocycles. The standard InChI is InChI=1S/C16H20N4O4/c1-10-7-13(24-19-10)9-20(3)16(22)18-12-5-6-15(23-4)14(8-12)17-11(2)21/h5-8H,9H2,1-4H3,(H,17,21)(H,18,22). The first-order chi connectivity index (χ1) is 11.4. The number of methoxy groups -OCH3 is 1. The minimum Gasteiger partial charge on any atom is -0.495 e. The van der Waals surface area contributed by atoms with Gasteiger partial charge in [-0.1, -0.05) is 5.16 Å². The molecule has 2 rings (SSSR count). The molecule has 1 aromatic carbocycles. The summed E-state index contributed by atoms with van der Waals surface area (Å²) in [5, 5.41) is 9.19. The van der Waals surface area contributed by atoms with E-state index in [2.05, 4.69) is 15.8 Å². The number of nitrogens with zero attached hydrogens (tertiary/aromatic N) is 2. The Kier molecular flexibility index (Phi) is 5.41. The van der Waals surface area contributed by atoms with Crippen LogP contribution in [-0.2, 0) is 11.3 Å². The number of rotatable bonds is 5. The van der Waals surface area contributed by atoms with E-state index in [4.69, 9.17) is 9.26 Å². The molecule has 2 N–H and O–H groups in total. The van der Waals surface area contributed by atoms with Gasteiger partial charge >= 0.3 is 6.03 Å². The number of urea groups is 1. The highest BCUT2D eigenvalue weighted by Crippen LogP contribution is 2.28. The molecule has 0 spiro atoms. The highest BCUT2D eigenvalue weighted by atomic mass is 16.5. The number of anilines is 2. The van der Waals surface area contributed by atoms with Gasteiger partial charge in [0.25, 0.3) is 0 Å². The molecule has 2 aromatic rings. The topological polar surface area (TPSA) is 96.7 Å². The number of carbonyl (C=O) groups excluding carboxylic acids is 2. The normalized spacial score (nSPS) is 10.2. The van der Waals surface area contributed by atoms with Crippen LogP contribution >= 0.6 is 0 Å². The van der Waals surface area contributed by atoms with Gasteiger partial charge in [-0.2, -0.15) is 0 Å². The van der Waals surface area contributed by atoms with Gasteiger partial charge in [0, 0.05) is 25.7 Å². The summed E-state index contributed by atoms with van der Waals surface area (Å²) in [6.07, 6.45) is 0. The van der Waals surface area contributed by atoms with Gasteiger partial charge in [-0.05, 0) is 25.1 Å². The molecule has 0 aliphatic heterocycles. The molecule has 3 amide bonds. The van der Waals surface area contributed by atoms with Crippen LogP contribution in [-0.4, -0.2) is 36.2 Å². The van der Waals surface area contributed by atoms with E-state index in [9.17, 15) is 9.59 Å². The Morgan fingerprint density at radius 2 is 2.04 bits per heavy atom. The molecule has 8 nitrogen and oxygen atoms in total. The van der Waals surface area contributed by atoms with Gasteiger partial charge in [0.15, 0.2) is 5.76 Å². The number of nitrogens with one attached hydrogen (secondary N) is 2. The molecule has 0 atom stereocenters. The van der Waals surface area contributed by atoms with E-state index in [1.165, 1.54) is 18.9 Å². The summed E-state index contributed by atoms with van der Waals surface area (Å²) in [6.45, 7) is 3.51. The molecule has 0 fully saturated rings. The van der Waals surface area contributed by atoms with Crippen molar-refractivity contribution >= 4 is 23.3 Å². The van der Waals surface area contributed by atoms with E-state index in [0.29, 0.717) is 29.4 Å². The van der Waals surface area contributed by atoms with Crippen LogP contribution in [0.3, 0.4) is 0 Å². The van der Waals surface area contributed by atoms with Crippen molar-refractivity contribution in [3.8, 4) is 5.75 Å². The Hall–Kier alpha value is -3.03. The second kappa shape index (κ2) is 7.49. The number of hydrogen-bond acceptors (Lipinski definition) is 5. The van der Waals surface area contributed by atoms with Crippen molar-refractivity contribution in [3.05, 3.63) is 35.7 Å². The van der Waals surface area contributed by atoms with E-state index in [-0.39, 0.29) is 11.9 Å². The zero-order valence-corrected chi connectivity index (χ0v) is 14.0. The van der Waals surface area contributed by atoms with E-state index >= 15 is 0 Å². The van der Waals surface area contributed by atoms with Gasteiger partial charge < -0.3 is 24.8 Å². The van der Waals surface area contributed by atoms with Crippen molar-refractivity contribution in [1.82, 2.24) is 10.1 Å². The van der Waals surface area contributed by atoms with Crippen LogP contribution in [0.15, 0.2) is 28.8 Å².